The lowest BCUT2D eigenvalue weighted by molar-refractivity contribution is 0.292. The van der Waals surface area contributed by atoms with Gasteiger partial charge in [0.2, 0.25) is 5.95 Å². The number of thiocarbonyl (C=S) groups is 1. The molecule has 8 heteroatoms. The van der Waals surface area contributed by atoms with E-state index in [1.807, 2.05) is 18.2 Å². The molecule has 5 nitrogen and oxygen atoms in total. The first-order valence-corrected chi connectivity index (χ1v) is 12.8. The SMILES string of the molecule is S=C(NCC1(c2cccc(Cl)c2)CCCCC1)Nc1nc(Cl)cc(N2CCCCCC2)n1. The Morgan fingerprint density at radius 3 is 2.41 bits per heavy atom. The summed E-state index contributed by atoms with van der Waals surface area (Å²) in [4.78, 5) is 11.3. The van der Waals surface area contributed by atoms with Crippen LogP contribution in [0.3, 0.4) is 0 Å². The molecule has 172 valence electrons. The standard InChI is InChI=1S/C24H31Cl2N5S/c25-19-10-8-9-18(15-19)24(11-4-3-5-12-24)17-27-23(32)30-22-28-20(26)16-21(29-22)31-13-6-1-2-7-14-31/h8-10,15-16H,1-7,11-14,17H2,(H2,27,28,29,30,32). The van der Waals surface area contributed by atoms with Crippen molar-refractivity contribution >= 4 is 52.3 Å². The Balaban J connectivity index is 1.43. The first kappa shape index (κ1) is 23.5. The van der Waals surface area contributed by atoms with E-state index in [9.17, 15) is 0 Å². The molecule has 2 aromatic rings. The molecule has 2 fully saturated rings. The highest BCUT2D eigenvalue weighted by molar-refractivity contribution is 7.80. The van der Waals surface area contributed by atoms with Crippen LogP contribution in [0, 0.1) is 0 Å². The first-order chi connectivity index (χ1) is 15.5. The maximum atomic E-state index is 6.32. The van der Waals surface area contributed by atoms with Gasteiger partial charge in [0.1, 0.15) is 11.0 Å². The quantitative estimate of drug-likeness (QED) is 0.375. The fourth-order valence-corrected chi connectivity index (χ4v) is 5.46. The number of nitrogens with one attached hydrogen (secondary N) is 2. The zero-order valence-electron chi connectivity index (χ0n) is 18.4. The van der Waals surface area contributed by atoms with Gasteiger partial charge in [-0.2, -0.15) is 4.98 Å². The van der Waals surface area contributed by atoms with Crippen LogP contribution in [0.2, 0.25) is 10.2 Å². The second-order valence-corrected chi connectivity index (χ2v) is 10.2. The summed E-state index contributed by atoms with van der Waals surface area (Å²) in [5, 5.41) is 8.30. The van der Waals surface area contributed by atoms with Gasteiger partial charge in [0.25, 0.3) is 0 Å². The van der Waals surface area contributed by atoms with Crippen LogP contribution in [0.5, 0.6) is 0 Å². The van der Waals surface area contributed by atoms with Gasteiger partial charge in [0, 0.05) is 36.1 Å². The normalized spacial score (nSPS) is 18.6. The molecule has 0 atom stereocenters. The summed E-state index contributed by atoms with van der Waals surface area (Å²) < 4.78 is 0. The number of anilines is 2. The molecule has 32 heavy (non-hydrogen) atoms. The molecule has 0 spiro atoms. The van der Waals surface area contributed by atoms with Crippen molar-refractivity contribution in [3.63, 3.8) is 0 Å². The highest BCUT2D eigenvalue weighted by Crippen LogP contribution is 2.39. The maximum absolute atomic E-state index is 6.32. The number of hydrogen-bond donors (Lipinski definition) is 2. The second kappa shape index (κ2) is 11.0. The Morgan fingerprint density at radius 1 is 0.969 bits per heavy atom. The van der Waals surface area contributed by atoms with Crippen LogP contribution in [0.1, 0.15) is 63.4 Å². The molecule has 2 heterocycles. The van der Waals surface area contributed by atoms with Crippen molar-refractivity contribution < 1.29 is 0 Å². The Labute approximate surface area is 206 Å². The van der Waals surface area contributed by atoms with Crippen LogP contribution in [0.4, 0.5) is 11.8 Å². The number of hydrogen-bond acceptors (Lipinski definition) is 4. The molecule has 4 rings (SSSR count). The lowest BCUT2D eigenvalue weighted by Crippen LogP contribution is -2.43. The largest absolute Gasteiger partial charge is 0.361 e. The number of aromatic nitrogens is 2. The Kier molecular flexibility index (Phi) is 8.08. The topological polar surface area (TPSA) is 53.1 Å². The van der Waals surface area contributed by atoms with Crippen LogP contribution in [0.15, 0.2) is 30.3 Å². The highest BCUT2D eigenvalue weighted by Gasteiger charge is 2.34. The molecule has 0 bridgehead atoms. The van der Waals surface area contributed by atoms with Gasteiger partial charge in [-0.15, -0.1) is 0 Å². The van der Waals surface area contributed by atoms with Crippen molar-refractivity contribution in [3.05, 3.63) is 46.1 Å². The van der Waals surface area contributed by atoms with Gasteiger partial charge in [0.15, 0.2) is 5.11 Å². The summed E-state index contributed by atoms with van der Waals surface area (Å²) in [5.41, 5.74) is 1.31. The lowest BCUT2D eigenvalue weighted by Gasteiger charge is -2.38. The van der Waals surface area contributed by atoms with E-state index in [4.69, 9.17) is 40.4 Å². The molecule has 1 aliphatic heterocycles. The third kappa shape index (κ3) is 6.03. The van der Waals surface area contributed by atoms with E-state index < -0.39 is 0 Å². The van der Waals surface area contributed by atoms with Crippen LogP contribution < -0.4 is 15.5 Å². The fraction of sp³-hybridized carbons (Fsp3) is 0.542. The van der Waals surface area contributed by atoms with Gasteiger partial charge in [-0.05, 0) is 55.6 Å². The summed E-state index contributed by atoms with van der Waals surface area (Å²) in [6.45, 7) is 2.74. The summed E-state index contributed by atoms with van der Waals surface area (Å²) in [5.74, 6) is 1.30. The van der Waals surface area contributed by atoms with E-state index in [0.717, 1.165) is 43.3 Å². The van der Waals surface area contributed by atoms with E-state index in [0.29, 0.717) is 16.2 Å². The molecule has 1 saturated carbocycles. The number of benzene rings is 1. The van der Waals surface area contributed by atoms with E-state index >= 15 is 0 Å². The van der Waals surface area contributed by atoms with Gasteiger partial charge in [-0.25, -0.2) is 4.98 Å². The Bertz CT molecular complexity index is 924. The van der Waals surface area contributed by atoms with Crippen molar-refractivity contribution in [2.45, 2.75) is 63.2 Å². The minimum atomic E-state index is 0.0291. The molecule has 0 amide bonds. The first-order valence-electron chi connectivity index (χ1n) is 11.6. The predicted molar refractivity (Wildman–Crippen MR) is 138 cm³/mol. The van der Waals surface area contributed by atoms with Gasteiger partial charge in [0.05, 0.1) is 0 Å². The van der Waals surface area contributed by atoms with Gasteiger partial charge >= 0.3 is 0 Å². The zero-order valence-corrected chi connectivity index (χ0v) is 20.7. The smallest absolute Gasteiger partial charge is 0.232 e. The Hall–Kier alpha value is -1.63. The molecule has 1 aliphatic carbocycles. The van der Waals surface area contributed by atoms with Gasteiger partial charge < -0.3 is 15.5 Å². The van der Waals surface area contributed by atoms with Crippen molar-refractivity contribution in [2.75, 3.05) is 29.9 Å². The van der Waals surface area contributed by atoms with Crippen molar-refractivity contribution in [1.29, 1.82) is 0 Å². The minimum Gasteiger partial charge on any atom is -0.361 e. The van der Waals surface area contributed by atoms with Crippen LogP contribution in [-0.2, 0) is 5.41 Å². The summed E-state index contributed by atoms with van der Waals surface area (Å²) in [6, 6.07) is 10.1. The number of rotatable bonds is 5. The average Bonchev–Trinajstić information content (AvgIpc) is 3.08. The number of nitrogens with zero attached hydrogens (tertiary/aromatic N) is 3. The predicted octanol–water partition coefficient (Wildman–Crippen LogP) is 6.35. The monoisotopic (exact) mass is 491 g/mol. The molecule has 0 radical (unpaired) electrons. The van der Waals surface area contributed by atoms with Gasteiger partial charge in [-0.3, -0.25) is 0 Å². The number of halogens is 2. The fourth-order valence-electron chi connectivity index (χ4n) is 4.93. The summed E-state index contributed by atoms with van der Waals surface area (Å²) in [7, 11) is 0. The van der Waals surface area contributed by atoms with Crippen molar-refractivity contribution in [3.8, 4) is 0 Å². The average molecular weight is 493 g/mol. The molecule has 2 N–H and O–H groups in total. The minimum absolute atomic E-state index is 0.0291. The molecular weight excluding hydrogens is 461 g/mol. The molecule has 1 saturated heterocycles. The Morgan fingerprint density at radius 2 is 1.69 bits per heavy atom. The lowest BCUT2D eigenvalue weighted by atomic mass is 9.69. The van der Waals surface area contributed by atoms with Crippen molar-refractivity contribution in [1.82, 2.24) is 15.3 Å². The second-order valence-electron chi connectivity index (χ2n) is 8.93. The van der Waals surface area contributed by atoms with Gasteiger partial charge in [-0.1, -0.05) is 67.4 Å². The zero-order chi connectivity index (χ0) is 22.4. The van der Waals surface area contributed by atoms with Crippen molar-refractivity contribution in [2.24, 2.45) is 0 Å². The third-order valence-electron chi connectivity index (χ3n) is 6.67. The van der Waals surface area contributed by atoms with E-state index in [1.54, 1.807) is 0 Å². The highest BCUT2D eigenvalue weighted by atomic mass is 35.5. The third-order valence-corrected chi connectivity index (χ3v) is 7.35. The molecule has 0 unspecified atom stereocenters. The van der Waals surface area contributed by atoms with E-state index in [2.05, 4.69) is 32.7 Å². The molecular formula is C24H31Cl2N5S. The van der Waals surface area contributed by atoms with Crippen LogP contribution >= 0.6 is 35.4 Å². The van der Waals surface area contributed by atoms with Crippen LogP contribution in [-0.4, -0.2) is 34.7 Å². The van der Waals surface area contributed by atoms with Crippen LogP contribution in [0.25, 0.3) is 0 Å². The molecule has 2 aliphatic rings. The summed E-state index contributed by atoms with van der Waals surface area (Å²) >= 11 is 18.2. The molecule has 1 aromatic carbocycles. The molecule has 1 aromatic heterocycles. The van der Waals surface area contributed by atoms with E-state index in [1.165, 1.54) is 50.5 Å². The van der Waals surface area contributed by atoms with E-state index in [-0.39, 0.29) is 5.41 Å². The summed E-state index contributed by atoms with van der Waals surface area (Å²) in [6.07, 6.45) is 10.8. The maximum Gasteiger partial charge on any atom is 0.232 e.